The van der Waals surface area contributed by atoms with E-state index < -0.39 is 5.97 Å². The van der Waals surface area contributed by atoms with Gasteiger partial charge >= 0.3 is 5.97 Å². The maximum absolute atomic E-state index is 10.3. The van der Waals surface area contributed by atoms with E-state index in [-0.39, 0.29) is 6.42 Å². The van der Waals surface area contributed by atoms with Crippen molar-refractivity contribution >= 4 is 5.97 Å². The van der Waals surface area contributed by atoms with Crippen molar-refractivity contribution in [2.45, 2.75) is 12.8 Å². The van der Waals surface area contributed by atoms with Crippen LogP contribution in [0.15, 0.2) is 24.3 Å². The normalized spacial score (nSPS) is 9.15. The van der Waals surface area contributed by atoms with Crippen LogP contribution in [-0.4, -0.2) is 11.1 Å². The SMILES string of the molecule is C#Cc1cccc(CCC(=O)O)c1. The lowest BCUT2D eigenvalue weighted by Crippen LogP contribution is -1.97. The molecule has 1 aromatic rings. The smallest absolute Gasteiger partial charge is 0.303 e. The minimum absolute atomic E-state index is 0.147. The van der Waals surface area contributed by atoms with E-state index >= 15 is 0 Å². The van der Waals surface area contributed by atoms with Crippen molar-refractivity contribution in [3.05, 3.63) is 35.4 Å². The first kappa shape index (κ1) is 9.34. The topological polar surface area (TPSA) is 37.3 Å². The molecule has 2 heteroatoms. The van der Waals surface area contributed by atoms with Gasteiger partial charge < -0.3 is 5.11 Å². The van der Waals surface area contributed by atoms with Crippen LogP contribution in [0.3, 0.4) is 0 Å². The van der Waals surface area contributed by atoms with E-state index in [0.29, 0.717) is 6.42 Å². The molecule has 0 heterocycles. The Kier molecular flexibility index (Phi) is 3.10. The van der Waals surface area contributed by atoms with Gasteiger partial charge in [-0.1, -0.05) is 18.1 Å². The van der Waals surface area contributed by atoms with E-state index in [9.17, 15) is 4.79 Å². The van der Waals surface area contributed by atoms with Crippen molar-refractivity contribution in [3.8, 4) is 12.3 Å². The molecule has 0 aliphatic rings. The summed E-state index contributed by atoms with van der Waals surface area (Å²) in [5.41, 5.74) is 1.76. The number of carbonyl (C=O) groups is 1. The number of hydrogen-bond donors (Lipinski definition) is 1. The lowest BCUT2D eigenvalue weighted by atomic mass is 10.1. The fourth-order valence-electron chi connectivity index (χ4n) is 1.07. The highest BCUT2D eigenvalue weighted by molar-refractivity contribution is 5.67. The molecule has 13 heavy (non-hydrogen) atoms. The van der Waals surface area contributed by atoms with E-state index in [1.54, 1.807) is 0 Å². The first-order valence-corrected chi connectivity index (χ1v) is 3.99. The van der Waals surface area contributed by atoms with E-state index in [2.05, 4.69) is 5.92 Å². The zero-order valence-corrected chi connectivity index (χ0v) is 7.16. The lowest BCUT2D eigenvalue weighted by molar-refractivity contribution is -0.136. The third-order valence-electron chi connectivity index (χ3n) is 1.72. The molecule has 0 spiro atoms. The summed E-state index contributed by atoms with van der Waals surface area (Å²) in [7, 11) is 0. The molecule has 0 fully saturated rings. The van der Waals surface area contributed by atoms with Gasteiger partial charge in [-0.25, -0.2) is 0 Å². The predicted molar refractivity (Wildman–Crippen MR) is 50.3 cm³/mol. The Morgan fingerprint density at radius 1 is 1.54 bits per heavy atom. The maximum atomic E-state index is 10.3. The summed E-state index contributed by atoms with van der Waals surface area (Å²) in [6.45, 7) is 0. The van der Waals surface area contributed by atoms with Crippen LogP contribution in [0, 0.1) is 12.3 Å². The maximum Gasteiger partial charge on any atom is 0.303 e. The molecular formula is C11H10O2. The van der Waals surface area contributed by atoms with Crippen LogP contribution >= 0.6 is 0 Å². The molecule has 1 aromatic carbocycles. The Hall–Kier alpha value is -1.75. The van der Waals surface area contributed by atoms with Crippen molar-refractivity contribution in [2.75, 3.05) is 0 Å². The molecule has 0 unspecified atom stereocenters. The Labute approximate surface area is 77.2 Å². The molecule has 66 valence electrons. The number of benzene rings is 1. The second-order valence-corrected chi connectivity index (χ2v) is 2.74. The van der Waals surface area contributed by atoms with Gasteiger partial charge in [0.15, 0.2) is 0 Å². The van der Waals surface area contributed by atoms with Gasteiger partial charge in [0.25, 0.3) is 0 Å². The molecule has 0 aliphatic heterocycles. The summed E-state index contributed by atoms with van der Waals surface area (Å²) < 4.78 is 0. The third kappa shape index (κ3) is 3.00. The van der Waals surface area contributed by atoms with Crippen LogP contribution in [0.4, 0.5) is 0 Å². The number of rotatable bonds is 3. The minimum Gasteiger partial charge on any atom is -0.481 e. The van der Waals surface area contributed by atoms with Crippen molar-refractivity contribution in [2.24, 2.45) is 0 Å². The van der Waals surface area contributed by atoms with E-state index in [4.69, 9.17) is 11.5 Å². The minimum atomic E-state index is -0.786. The monoisotopic (exact) mass is 174 g/mol. The fourth-order valence-corrected chi connectivity index (χ4v) is 1.07. The average molecular weight is 174 g/mol. The van der Waals surface area contributed by atoms with Crippen LogP contribution in [-0.2, 0) is 11.2 Å². The van der Waals surface area contributed by atoms with E-state index in [1.165, 1.54) is 0 Å². The number of carboxylic acid groups (broad SMARTS) is 1. The number of carboxylic acids is 1. The summed E-state index contributed by atoms with van der Waals surface area (Å²) >= 11 is 0. The molecule has 0 radical (unpaired) electrons. The number of terminal acetylenes is 1. The molecule has 0 saturated carbocycles. The van der Waals surface area contributed by atoms with Crippen molar-refractivity contribution in [1.29, 1.82) is 0 Å². The second kappa shape index (κ2) is 4.32. The lowest BCUT2D eigenvalue weighted by Gasteiger charge is -1.98. The fraction of sp³-hybridized carbons (Fsp3) is 0.182. The molecule has 2 nitrogen and oxygen atoms in total. The molecule has 0 amide bonds. The second-order valence-electron chi connectivity index (χ2n) is 2.74. The van der Waals surface area contributed by atoms with Gasteiger partial charge in [-0.15, -0.1) is 6.42 Å². The molecule has 0 aromatic heterocycles. The molecule has 0 saturated heterocycles. The summed E-state index contributed by atoms with van der Waals surface area (Å²) in [6, 6.07) is 7.38. The number of aliphatic carboxylic acids is 1. The Bertz CT molecular complexity index is 347. The highest BCUT2D eigenvalue weighted by Crippen LogP contribution is 2.06. The predicted octanol–water partition coefficient (Wildman–Crippen LogP) is 1.69. The van der Waals surface area contributed by atoms with Gasteiger partial charge in [-0.3, -0.25) is 4.79 Å². The van der Waals surface area contributed by atoms with Crippen LogP contribution in [0.2, 0.25) is 0 Å². The first-order valence-electron chi connectivity index (χ1n) is 3.99. The average Bonchev–Trinajstić information content (AvgIpc) is 2.15. The molecule has 0 atom stereocenters. The van der Waals surface area contributed by atoms with Gasteiger partial charge in [0.05, 0.1) is 0 Å². The number of hydrogen-bond acceptors (Lipinski definition) is 1. The molecule has 0 aliphatic carbocycles. The van der Waals surface area contributed by atoms with Crippen LogP contribution in [0.25, 0.3) is 0 Å². The van der Waals surface area contributed by atoms with Gasteiger partial charge in [-0.2, -0.15) is 0 Å². The van der Waals surface area contributed by atoms with Gasteiger partial charge in [0.2, 0.25) is 0 Å². The van der Waals surface area contributed by atoms with Gasteiger partial charge in [-0.05, 0) is 24.1 Å². The Morgan fingerprint density at radius 3 is 2.92 bits per heavy atom. The quantitative estimate of drug-likeness (QED) is 0.708. The van der Waals surface area contributed by atoms with Gasteiger partial charge in [0.1, 0.15) is 0 Å². The molecular weight excluding hydrogens is 164 g/mol. The summed E-state index contributed by atoms with van der Waals surface area (Å²) in [5, 5.41) is 8.46. The van der Waals surface area contributed by atoms with E-state index in [0.717, 1.165) is 11.1 Å². The highest BCUT2D eigenvalue weighted by Gasteiger charge is 1.98. The van der Waals surface area contributed by atoms with Crippen LogP contribution in [0.1, 0.15) is 17.5 Å². The van der Waals surface area contributed by atoms with Crippen LogP contribution < -0.4 is 0 Å². The highest BCUT2D eigenvalue weighted by atomic mass is 16.4. The van der Waals surface area contributed by atoms with Crippen molar-refractivity contribution in [3.63, 3.8) is 0 Å². The Balaban J connectivity index is 2.68. The Morgan fingerprint density at radius 2 is 2.31 bits per heavy atom. The van der Waals surface area contributed by atoms with Crippen molar-refractivity contribution in [1.82, 2.24) is 0 Å². The first-order chi connectivity index (χ1) is 6.22. The largest absolute Gasteiger partial charge is 0.481 e. The molecule has 1 N–H and O–H groups in total. The van der Waals surface area contributed by atoms with Gasteiger partial charge in [0, 0.05) is 12.0 Å². The van der Waals surface area contributed by atoms with Crippen molar-refractivity contribution < 1.29 is 9.90 Å². The summed E-state index contributed by atoms with van der Waals surface area (Å²) in [4.78, 5) is 10.3. The molecule has 0 bridgehead atoms. The van der Waals surface area contributed by atoms with E-state index in [1.807, 2.05) is 24.3 Å². The summed E-state index contributed by atoms with van der Waals surface area (Å²) in [5.74, 6) is 1.72. The standard InChI is InChI=1S/C11H10O2/c1-2-9-4-3-5-10(8-9)6-7-11(12)13/h1,3-5,8H,6-7H2,(H,12,13). The molecule has 1 rings (SSSR count). The number of aryl methyl sites for hydroxylation is 1. The zero-order chi connectivity index (χ0) is 9.68. The zero-order valence-electron chi connectivity index (χ0n) is 7.16. The summed E-state index contributed by atoms with van der Waals surface area (Å²) in [6.07, 6.45) is 5.89. The third-order valence-corrected chi connectivity index (χ3v) is 1.72. The van der Waals surface area contributed by atoms with Crippen LogP contribution in [0.5, 0.6) is 0 Å².